The molecule has 0 aliphatic carbocycles. The summed E-state index contributed by atoms with van der Waals surface area (Å²) in [4.78, 5) is 2.37. The van der Waals surface area contributed by atoms with Crippen molar-refractivity contribution in [3.8, 4) is 0 Å². The highest BCUT2D eigenvalue weighted by atomic mass is 35.5. The molecule has 2 heterocycles. The average molecular weight is 298 g/mol. The van der Waals surface area contributed by atoms with E-state index in [0.29, 0.717) is 5.92 Å². The van der Waals surface area contributed by atoms with Crippen LogP contribution in [0.5, 0.6) is 0 Å². The lowest BCUT2D eigenvalue weighted by molar-refractivity contribution is 0.296. The van der Waals surface area contributed by atoms with Gasteiger partial charge in [0.25, 0.3) is 0 Å². The maximum atomic E-state index is 6.02. The molecule has 0 bridgehead atoms. The number of hydrogen-bond acceptors (Lipinski definition) is 2. The van der Waals surface area contributed by atoms with E-state index in [-0.39, 0.29) is 0 Å². The van der Waals surface area contributed by atoms with Crippen LogP contribution in [0.4, 0.5) is 0 Å². The van der Waals surface area contributed by atoms with Crippen LogP contribution in [0.15, 0.2) is 53.1 Å². The average Bonchev–Trinajstić information content (AvgIpc) is 2.96. The molecule has 0 radical (unpaired) electrons. The lowest BCUT2D eigenvalue weighted by Crippen LogP contribution is -2.31. The molecule has 0 saturated carbocycles. The van der Waals surface area contributed by atoms with Crippen molar-refractivity contribution >= 4 is 22.6 Å². The summed E-state index contributed by atoms with van der Waals surface area (Å²) in [6.45, 7) is 1.99. The summed E-state index contributed by atoms with van der Waals surface area (Å²) in [6, 6.07) is 14.6. The second-order valence-electron chi connectivity index (χ2n) is 5.77. The van der Waals surface area contributed by atoms with Crippen LogP contribution >= 0.6 is 11.6 Å². The quantitative estimate of drug-likeness (QED) is 0.649. The van der Waals surface area contributed by atoms with Crippen molar-refractivity contribution in [3.63, 3.8) is 0 Å². The highest BCUT2D eigenvalue weighted by Gasteiger charge is 2.26. The van der Waals surface area contributed by atoms with Crippen molar-refractivity contribution in [3.05, 3.63) is 70.4 Å². The van der Waals surface area contributed by atoms with Crippen LogP contribution in [-0.2, 0) is 6.54 Å². The molecular formula is C18H16ClNO. The van der Waals surface area contributed by atoms with Crippen molar-refractivity contribution in [1.29, 1.82) is 0 Å². The van der Waals surface area contributed by atoms with Crippen LogP contribution in [0.2, 0.25) is 5.02 Å². The standard InChI is InChI=1S/C18H16ClNO/c1-20-10-16(12-2-4-13(19)5-3-12)14-6-7-18-15(8-9-21-18)17(14)11-20/h2-9,16H,10-11H2,1H3/t16-/m0/s1. The van der Waals surface area contributed by atoms with Crippen LogP contribution < -0.4 is 0 Å². The Labute approximate surface area is 128 Å². The Kier molecular flexibility index (Phi) is 3.02. The molecule has 1 atom stereocenters. The Bertz CT molecular complexity index is 791. The molecule has 0 unspecified atom stereocenters. The Morgan fingerprint density at radius 2 is 1.90 bits per heavy atom. The third-order valence-corrected chi connectivity index (χ3v) is 4.61. The van der Waals surface area contributed by atoms with Gasteiger partial charge in [0.15, 0.2) is 0 Å². The van der Waals surface area contributed by atoms with Gasteiger partial charge in [0.1, 0.15) is 5.58 Å². The minimum atomic E-state index is 0.385. The molecule has 0 fully saturated rings. The van der Waals surface area contributed by atoms with Gasteiger partial charge in [0.05, 0.1) is 6.26 Å². The van der Waals surface area contributed by atoms with Gasteiger partial charge in [-0.2, -0.15) is 0 Å². The minimum absolute atomic E-state index is 0.385. The summed E-state index contributed by atoms with van der Waals surface area (Å²) in [5.41, 5.74) is 5.08. The van der Waals surface area contributed by atoms with Gasteiger partial charge < -0.3 is 9.32 Å². The molecule has 2 nitrogen and oxygen atoms in total. The summed E-state index contributed by atoms with van der Waals surface area (Å²) in [7, 11) is 2.17. The van der Waals surface area contributed by atoms with Crippen LogP contribution in [-0.4, -0.2) is 18.5 Å². The molecule has 1 aromatic heterocycles. The number of hydrogen-bond donors (Lipinski definition) is 0. The van der Waals surface area contributed by atoms with E-state index in [2.05, 4.69) is 42.3 Å². The van der Waals surface area contributed by atoms with Crippen molar-refractivity contribution in [2.75, 3.05) is 13.6 Å². The van der Waals surface area contributed by atoms with Gasteiger partial charge in [-0.25, -0.2) is 0 Å². The van der Waals surface area contributed by atoms with E-state index in [0.717, 1.165) is 23.7 Å². The van der Waals surface area contributed by atoms with Gasteiger partial charge >= 0.3 is 0 Å². The number of likely N-dealkylation sites (N-methyl/N-ethyl adjacent to an activating group) is 1. The van der Waals surface area contributed by atoms with E-state index in [1.54, 1.807) is 6.26 Å². The van der Waals surface area contributed by atoms with Crippen molar-refractivity contribution in [2.24, 2.45) is 0 Å². The molecule has 0 amide bonds. The number of benzene rings is 2. The molecule has 1 aliphatic heterocycles. The van der Waals surface area contributed by atoms with E-state index in [1.165, 1.54) is 22.1 Å². The highest BCUT2D eigenvalue weighted by molar-refractivity contribution is 6.30. The van der Waals surface area contributed by atoms with E-state index in [9.17, 15) is 0 Å². The number of furan rings is 1. The van der Waals surface area contributed by atoms with Crippen molar-refractivity contribution in [2.45, 2.75) is 12.5 Å². The summed E-state index contributed by atoms with van der Waals surface area (Å²) >= 11 is 6.02. The smallest absolute Gasteiger partial charge is 0.134 e. The van der Waals surface area contributed by atoms with Crippen molar-refractivity contribution in [1.82, 2.24) is 4.90 Å². The molecule has 2 aromatic carbocycles. The lowest BCUT2D eigenvalue weighted by atomic mass is 9.83. The number of halogens is 1. The maximum Gasteiger partial charge on any atom is 0.134 e. The maximum absolute atomic E-state index is 6.02. The minimum Gasteiger partial charge on any atom is -0.464 e. The molecule has 0 saturated heterocycles. The SMILES string of the molecule is CN1Cc2c(ccc3occc23)[C@H](c2ccc(Cl)cc2)C1. The first-order valence-electron chi connectivity index (χ1n) is 7.15. The molecule has 21 heavy (non-hydrogen) atoms. The molecule has 0 N–H and O–H groups in total. The van der Waals surface area contributed by atoms with E-state index < -0.39 is 0 Å². The number of rotatable bonds is 1. The fourth-order valence-electron chi connectivity index (χ4n) is 3.35. The summed E-state index contributed by atoms with van der Waals surface area (Å²) < 4.78 is 5.54. The second kappa shape index (κ2) is 4.90. The predicted molar refractivity (Wildman–Crippen MR) is 85.8 cm³/mol. The molecule has 106 valence electrons. The van der Waals surface area contributed by atoms with Gasteiger partial charge in [-0.05, 0) is 48.0 Å². The predicted octanol–water partition coefficient (Wildman–Crippen LogP) is 4.66. The van der Waals surface area contributed by atoms with Crippen LogP contribution in [0, 0.1) is 0 Å². The topological polar surface area (TPSA) is 16.4 Å². The zero-order valence-electron chi connectivity index (χ0n) is 11.8. The molecule has 3 heteroatoms. The highest BCUT2D eigenvalue weighted by Crippen LogP contribution is 2.37. The zero-order valence-corrected chi connectivity index (χ0v) is 12.6. The van der Waals surface area contributed by atoms with Gasteiger partial charge in [-0.1, -0.05) is 29.8 Å². The second-order valence-corrected chi connectivity index (χ2v) is 6.20. The zero-order chi connectivity index (χ0) is 14.4. The Morgan fingerprint density at radius 1 is 1.10 bits per heavy atom. The monoisotopic (exact) mass is 297 g/mol. The van der Waals surface area contributed by atoms with Gasteiger partial charge in [-0.3, -0.25) is 0 Å². The van der Waals surface area contributed by atoms with Crippen LogP contribution in [0.25, 0.3) is 11.0 Å². The Balaban J connectivity index is 1.89. The third-order valence-electron chi connectivity index (χ3n) is 4.35. The van der Waals surface area contributed by atoms with Gasteiger partial charge in [-0.15, -0.1) is 0 Å². The molecular weight excluding hydrogens is 282 g/mol. The third kappa shape index (κ3) is 2.15. The Morgan fingerprint density at radius 3 is 2.71 bits per heavy atom. The summed E-state index contributed by atoms with van der Waals surface area (Å²) in [6.07, 6.45) is 1.77. The normalized spacial score (nSPS) is 18.9. The Hall–Kier alpha value is -1.77. The van der Waals surface area contributed by atoms with Crippen LogP contribution in [0.3, 0.4) is 0 Å². The van der Waals surface area contributed by atoms with Crippen LogP contribution in [0.1, 0.15) is 22.6 Å². The first kappa shape index (κ1) is 12.9. The molecule has 4 rings (SSSR count). The first-order valence-corrected chi connectivity index (χ1v) is 7.53. The number of fused-ring (bicyclic) bond motifs is 3. The van der Waals surface area contributed by atoms with Crippen molar-refractivity contribution < 1.29 is 4.42 Å². The van der Waals surface area contributed by atoms with E-state index >= 15 is 0 Å². The molecule has 3 aromatic rings. The van der Waals surface area contributed by atoms with E-state index in [4.69, 9.17) is 16.0 Å². The molecule has 1 aliphatic rings. The van der Waals surface area contributed by atoms with E-state index in [1.807, 2.05) is 12.1 Å². The summed E-state index contributed by atoms with van der Waals surface area (Å²) in [5.74, 6) is 0.385. The van der Waals surface area contributed by atoms with Gasteiger partial charge in [0.2, 0.25) is 0 Å². The first-order chi connectivity index (χ1) is 10.2. The van der Waals surface area contributed by atoms with Gasteiger partial charge in [0, 0.05) is 29.4 Å². The molecule has 0 spiro atoms. The number of nitrogens with zero attached hydrogens (tertiary/aromatic N) is 1. The largest absolute Gasteiger partial charge is 0.464 e. The summed E-state index contributed by atoms with van der Waals surface area (Å²) in [5, 5.41) is 2.02. The fourth-order valence-corrected chi connectivity index (χ4v) is 3.47. The fraction of sp³-hybridized carbons (Fsp3) is 0.222. The lowest BCUT2D eigenvalue weighted by Gasteiger charge is -2.33.